The molecule has 0 heterocycles. The predicted molar refractivity (Wildman–Crippen MR) is 91.2 cm³/mol. The first-order chi connectivity index (χ1) is 10.4. The Kier molecular flexibility index (Phi) is 11.2. The molecule has 5 nitrogen and oxygen atoms in total. The van der Waals surface area contributed by atoms with E-state index in [1.54, 1.807) is 12.1 Å². The molecule has 22 heavy (non-hydrogen) atoms. The quantitative estimate of drug-likeness (QED) is 0.708. The van der Waals surface area contributed by atoms with Crippen molar-refractivity contribution < 1.29 is 18.9 Å². The summed E-state index contributed by atoms with van der Waals surface area (Å²) < 4.78 is 15.0. The van der Waals surface area contributed by atoms with E-state index in [9.17, 15) is 4.57 Å². The normalized spacial score (nSPS) is 11.0. The van der Waals surface area contributed by atoms with Crippen molar-refractivity contribution in [2.45, 2.75) is 47.0 Å². The minimum Gasteiger partial charge on any atom is -0.404 e. The molecule has 0 fully saturated rings. The van der Waals surface area contributed by atoms with Crippen LogP contribution in [0, 0.1) is 0 Å². The fourth-order valence-electron chi connectivity index (χ4n) is 1.91. The summed E-state index contributed by atoms with van der Waals surface area (Å²) in [7, 11) is -4.42. The van der Waals surface area contributed by atoms with Crippen LogP contribution in [0.4, 0.5) is 0 Å². The molecule has 0 aromatic heterocycles. The van der Waals surface area contributed by atoms with Gasteiger partial charge in [-0.3, -0.25) is 9.79 Å². The Hall–Kier alpha value is -0.870. The van der Waals surface area contributed by atoms with Gasteiger partial charge in [0, 0.05) is 0 Å². The Morgan fingerprint density at radius 1 is 1.00 bits per heavy atom. The molecule has 0 radical (unpaired) electrons. The van der Waals surface area contributed by atoms with Gasteiger partial charge in [-0.1, -0.05) is 46.2 Å². The monoisotopic (exact) mass is 331 g/mol. The first-order valence-corrected chi connectivity index (χ1v) is 9.45. The maximum atomic E-state index is 10.5. The Morgan fingerprint density at radius 2 is 1.50 bits per heavy atom. The van der Waals surface area contributed by atoms with Crippen LogP contribution in [0.3, 0.4) is 0 Å². The molecule has 0 bridgehead atoms. The zero-order valence-corrected chi connectivity index (χ0v) is 15.1. The van der Waals surface area contributed by atoms with Gasteiger partial charge < -0.3 is 9.42 Å². The molecule has 0 saturated heterocycles. The molecule has 0 saturated carbocycles. The largest absolute Gasteiger partial charge is 0.524 e. The number of rotatable bonds is 8. The van der Waals surface area contributed by atoms with Crippen LogP contribution in [-0.2, 0) is 11.0 Å². The number of hydrogen-bond acceptors (Lipinski definition) is 3. The van der Waals surface area contributed by atoms with E-state index in [-0.39, 0.29) is 5.75 Å². The standard InChI is InChI=1S/C10H15O4P.C6H15N/c1-2-3-4-9-5-7-10(8-6-9)14-15(11,12)13;1-4-7(5-2)6-3/h5-8H,2-4H2,1H3,(H2,11,12,13);4-6H2,1-3H3. The first-order valence-electron chi connectivity index (χ1n) is 7.92. The molecule has 1 aromatic rings. The van der Waals surface area contributed by atoms with Gasteiger partial charge in [-0.05, 0) is 50.2 Å². The first kappa shape index (κ1) is 21.1. The highest BCUT2D eigenvalue weighted by Gasteiger charge is 2.15. The molecule has 2 N–H and O–H groups in total. The Labute approximate surface area is 134 Å². The summed E-state index contributed by atoms with van der Waals surface area (Å²) in [6.07, 6.45) is 3.21. The van der Waals surface area contributed by atoms with Crippen LogP contribution < -0.4 is 4.52 Å². The number of unbranched alkanes of at least 4 members (excludes halogenated alkanes) is 1. The fourth-order valence-corrected chi connectivity index (χ4v) is 2.30. The van der Waals surface area contributed by atoms with Crippen LogP contribution in [0.1, 0.15) is 46.1 Å². The lowest BCUT2D eigenvalue weighted by atomic mass is 10.1. The van der Waals surface area contributed by atoms with Gasteiger partial charge in [0.15, 0.2) is 0 Å². The van der Waals surface area contributed by atoms with E-state index >= 15 is 0 Å². The number of phosphoric acid groups is 1. The molecule has 1 rings (SSSR count). The van der Waals surface area contributed by atoms with Crippen LogP contribution in [0.2, 0.25) is 0 Å². The molecule has 0 atom stereocenters. The van der Waals surface area contributed by atoms with Crippen LogP contribution in [0.5, 0.6) is 5.75 Å². The minimum absolute atomic E-state index is 0.198. The topological polar surface area (TPSA) is 70.0 Å². The summed E-state index contributed by atoms with van der Waals surface area (Å²) >= 11 is 0. The highest BCUT2D eigenvalue weighted by molar-refractivity contribution is 7.46. The average Bonchev–Trinajstić information content (AvgIpc) is 2.47. The highest BCUT2D eigenvalue weighted by atomic mass is 31.2. The lowest BCUT2D eigenvalue weighted by Crippen LogP contribution is -2.21. The summed E-state index contributed by atoms with van der Waals surface area (Å²) in [6, 6.07) is 6.79. The summed E-state index contributed by atoms with van der Waals surface area (Å²) in [5, 5.41) is 0. The van der Waals surface area contributed by atoms with Gasteiger partial charge in [0.05, 0.1) is 0 Å². The predicted octanol–water partition coefficient (Wildman–Crippen LogP) is 3.85. The van der Waals surface area contributed by atoms with Crippen molar-refractivity contribution in [2.75, 3.05) is 19.6 Å². The van der Waals surface area contributed by atoms with Crippen molar-refractivity contribution in [1.29, 1.82) is 0 Å². The van der Waals surface area contributed by atoms with Crippen molar-refractivity contribution >= 4 is 7.82 Å². The van der Waals surface area contributed by atoms with Crippen LogP contribution in [0.25, 0.3) is 0 Å². The molecule has 0 aliphatic carbocycles. The van der Waals surface area contributed by atoms with Crippen LogP contribution in [0.15, 0.2) is 24.3 Å². The summed E-state index contributed by atoms with van der Waals surface area (Å²) in [4.78, 5) is 19.5. The third-order valence-corrected chi connectivity index (χ3v) is 3.76. The van der Waals surface area contributed by atoms with E-state index in [2.05, 4.69) is 37.1 Å². The molecule has 0 aliphatic heterocycles. The maximum Gasteiger partial charge on any atom is 0.524 e. The second kappa shape index (κ2) is 11.7. The van der Waals surface area contributed by atoms with Crippen molar-refractivity contribution in [2.24, 2.45) is 0 Å². The second-order valence-corrected chi connectivity index (χ2v) is 6.11. The molecule has 0 unspecified atom stereocenters. The van der Waals surface area contributed by atoms with Crippen molar-refractivity contribution in [3.8, 4) is 5.75 Å². The molecule has 1 aromatic carbocycles. The number of phosphoric ester groups is 1. The molecule has 0 amide bonds. The smallest absolute Gasteiger partial charge is 0.404 e. The van der Waals surface area contributed by atoms with E-state index in [4.69, 9.17) is 9.79 Å². The number of benzene rings is 1. The number of hydrogen-bond donors (Lipinski definition) is 2. The fraction of sp³-hybridized carbons (Fsp3) is 0.625. The Bertz CT molecular complexity index is 421. The van der Waals surface area contributed by atoms with Crippen molar-refractivity contribution in [3.05, 3.63) is 29.8 Å². The highest BCUT2D eigenvalue weighted by Crippen LogP contribution is 2.37. The summed E-state index contributed by atoms with van der Waals surface area (Å²) in [6.45, 7) is 12.2. The van der Waals surface area contributed by atoms with Gasteiger partial charge >= 0.3 is 7.82 Å². The van der Waals surface area contributed by atoms with Crippen molar-refractivity contribution in [3.63, 3.8) is 0 Å². The van der Waals surface area contributed by atoms with Crippen molar-refractivity contribution in [1.82, 2.24) is 4.90 Å². The number of aryl methyl sites for hydroxylation is 1. The van der Waals surface area contributed by atoms with E-state index in [0.29, 0.717) is 0 Å². The zero-order chi connectivity index (χ0) is 17.0. The molecule has 6 heteroatoms. The van der Waals surface area contributed by atoms with Crippen LogP contribution >= 0.6 is 7.82 Å². The second-order valence-electron chi connectivity index (χ2n) is 4.95. The minimum atomic E-state index is -4.42. The third-order valence-electron chi connectivity index (χ3n) is 3.31. The number of nitrogens with zero attached hydrogens (tertiary/aromatic N) is 1. The zero-order valence-electron chi connectivity index (χ0n) is 14.2. The van der Waals surface area contributed by atoms with E-state index in [1.807, 2.05) is 12.1 Å². The molecule has 0 spiro atoms. The van der Waals surface area contributed by atoms with Gasteiger partial charge in [0.1, 0.15) is 5.75 Å². The van der Waals surface area contributed by atoms with Gasteiger partial charge in [-0.2, -0.15) is 0 Å². The van der Waals surface area contributed by atoms with Crippen LogP contribution in [-0.4, -0.2) is 34.3 Å². The van der Waals surface area contributed by atoms with Gasteiger partial charge in [-0.15, -0.1) is 0 Å². The Balaban J connectivity index is 0.000000534. The molecule has 0 aliphatic rings. The van der Waals surface area contributed by atoms with Gasteiger partial charge in [0.25, 0.3) is 0 Å². The summed E-state index contributed by atoms with van der Waals surface area (Å²) in [5.74, 6) is 0.198. The molecule has 128 valence electrons. The lowest BCUT2D eigenvalue weighted by Gasteiger charge is -2.13. The SMILES string of the molecule is CCCCc1ccc(OP(=O)(O)O)cc1.CCN(CC)CC. The third kappa shape index (κ3) is 10.8. The maximum absolute atomic E-state index is 10.5. The van der Waals surface area contributed by atoms with Gasteiger partial charge in [0.2, 0.25) is 0 Å². The Morgan fingerprint density at radius 3 is 1.82 bits per heavy atom. The van der Waals surface area contributed by atoms with E-state index in [0.717, 1.165) is 24.8 Å². The van der Waals surface area contributed by atoms with E-state index in [1.165, 1.54) is 19.6 Å². The van der Waals surface area contributed by atoms with Gasteiger partial charge in [-0.25, -0.2) is 4.57 Å². The average molecular weight is 331 g/mol. The summed E-state index contributed by atoms with van der Waals surface area (Å²) in [5.41, 5.74) is 1.15. The van der Waals surface area contributed by atoms with E-state index < -0.39 is 7.82 Å². The molecular formula is C16H30NO4P. The molecular weight excluding hydrogens is 301 g/mol. The lowest BCUT2D eigenvalue weighted by molar-refractivity contribution is 0.283.